The van der Waals surface area contributed by atoms with E-state index >= 15 is 0 Å². The van der Waals surface area contributed by atoms with Crippen LogP contribution in [0.15, 0.2) is 18.2 Å². The smallest absolute Gasteiger partial charge is 0.161 e. The van der Waals surface area contributed by atoms with E-state index < -0.39 is 0 Å². The minimum atomic E-state index is 0.225. The van der Waals surface area contributed by atoms with E-state index in [2.05, 4.69) is 18.3 Å². The maximum atomic E-state index is 8.47. The summed E-state index contributed by atoms with van der Waals surface area (Å²) in [5, 5.41) is 11.8. The van der Waals surface area contributed by atoms with Crippen LogP contribution in [0.25, 0.3) is 0 Å². The molecular formula is C14H20N2O2. The second-order valence-electron chi connectivity index (χ2n) is 4.05. The maximum Gasteiger partial charge on any atom is 0.161 e. The third-order valence-electron chi connectivity index (χ3n) is 2.82. The van der Waals surface area contributed by atoms with Gasteiger partial charge in [-0.15, -0.1) is 0 Å². The monoisotopic (exact) mass is 248 g/mol. The molecular weight excluding hydrogens is 228 g/mol. The molecule has 0 aromatic heterocycles. The molecule has 1 aromatic rings. The lowest BCUT2D eigenvalue weighted by molar-refractivity contribution is 0.354. The normalized spacial score (nSPS) is 11.7. The van der Waals surface area contributed by atoms with Crippen LogP contribution in [0.4, 0.5) is 0 Å². The average molecular weight is 248 g/mol. The van der Waals surface area contributed by atoms with Gasteiger partial charge in [0.1, 0.15) is 0 Å². The lowest BCUT2D eigenvalue weighted by atomic mass is 10.1. The summed E-state index contributed by atoms with van der Waals surface area (Å²) in [5.74, 6) is 1.47. The summed E-state index contributed by atoms with van der Waals surface area (Å²) in [6.45, 7) is 2.93. The van der Waals surface area contributed by atoms with E-state index in [1.165, 1.54) is 0 Å². The molecule has 0 radical (unpaired) electrons. The van der Waals surface area contributed by atoms with Crippen molar-refractivity contribution in [3.63, 3.8) is 0 Å². The number of rotatable bonds is 7. The van der Waals surface area contributed by atoms with Crippen LogP contribution in [0.1, 0.15) is 31.4 Å². The first kappa shape index (κ1) is 14.3. The summed E-state index contributed by atoms with van der Waals surface area (Å²) in [7, 11) is 3.26. The van der Waals surface area contributed by atoms with Crippen molar-refractivity contribution < 1.29 is 9.47 Å². The minimum Gasteiger partial charge on any atom is -0.493 e. The Bertz CT molecular complexity index is 413. The highest BCUT2D eigenvalue weighted by Gasteiger charge is 2.09. The first-order valence-corrected chi connectivity index (χ1v) is 6.05. The number of unbranched alkanes of at least 4 members (excludes halogenated alkanes) is 1. The largest absolute Gasteiger partial charge is 0.493 e. The van der Waals surface area contributed by atoms with E-state index in [0.29, 0.717) is 6.42 Å². The second-order valence-corrected chi connectivity index (χ2v) is 4.05. The van der Waals surface area contributed by atoms with Crippen molar-refractivity contribution >= 4 is 0 Å². The molecule has 0 amide bonds. The number of nitrogens with one attached hydrogen (secondary N) is 1. The van der Waals surface area contributed by atoms with E-state index in [4.69, 9.17) is 14.7 Å². The van der Waals surface area contributed by atoms with Gasteiger partial charge < -0.3 is 14.8 Å². The van der Waals surface area contributed by atoms with Crippen LogP contribution in [0.2, 0.25) is 0 Å². The van der Waals surface area contributed by atoms with Crippen molar-refractivity contribution in [2.45, 2.75) is 25.8 Å². The lowest BCUT2D eigenvalue weighted by Gasteiger charge is -2.16. The average Bonchev–Trinajstić information content (AvgIpc) is 2.42. The molecule has 18 heavy (non-hydrogen) atoms. The molecule has 0 saturated carbocycles. The first-order valence-electron chi connectivity index (χ1n) is 6.05. The van der Waals surface area contributed by atoms with Gasteiger partial charge in [0.2, 0.25) is 0 Å². The van der Waals surface area contributed by atoms with Gasteiger partial charge in [0.25, 0.3) is 0 Å². The van der Waals surface area contributed by atoms with Crippen molar-refractivity contribution in [2.24, 2.45) is 0 Å². The van der Waals surface area contributed by atoms with Gasteiger partial charge in [-0.2, -0.15) is 5.26 Å². The zero-order valence-corrected chi connectivity index (χ0v) is 11.2. The van der Waals surface area contributed by atoms with Crippen LogP contribution < -0.4 is 14.8 Å². The van der Waals surface area contributed by atoms with E-state index in [1.54, 1.807) is 14.2 Å². The van der Waals surface area contributed by atoms with Gasteiger partial charge in [0, 0.05) is 12.5 Å². The molecule has 0 bridgehead atoms. The molecule has 0 fully saturated rings. The zero-order valence-electron chi connectivity index (χ0n) is 11.2. The molecule has 1 unspecified atom stereocenters. The molecule has 1 atom stereocenters. The van der Waals surface area contributed by atoms with Crippen LogP contribution in [-0.2, 0) is 0 Å². The van der Waals surface area contributed by atoms with Crippen molar-refractivity contribution in [2.75, 3.05) is 20.8 Å². The van der Waals surface area contributed by atoms with Gasteiger partial charge in [-0.1, -0.05) is 6.07 Å². The Morgan fingerprint density at radius 3 is 2.61 bits per heavy atom. The van der Waals surface area contributed by atoms with Gasteiger partial charge >= 0.3 is 0 Å². The third kappa shape index (κ3) is 3.94. The standard InChI is InChI=1S/C14H20N2O2/c1-11(16-9-5-4-8-15)12-6-7-13(17-2)14(10-12)18-3/h6-7,10-11,16H,4-5,9H2,1-3H3. The summed E-state index contributed by atoms with van der Waals surface area (Å²) in [6, 6.07) is 8.26. The predicted molar refractivity (Wildman–Crippen MR) is 70.8 cm³/mol. The number of benzene rings is 1. The van der Waals surface area contributed by atoms with Gasteiger partial charge in [0.15, 0.2) is 11.5 Å². The highest BCUT2D eigenvalue weighted by molar-refractivity contribution is 5.43. The summed E-state index contributed by atoms with van der Waals surface area (Å²) < 4.78 is 10.5. The van der Waals surface area contributed by atoms with Gasteiger partial charge in [-0.25, -0.2) is 0 Å². The molecule has 1 aromatic carbocycles. The fourth-order valence-corrected chi connectivity index (χ4v) is 1.73. The topological polar surface area (TPSA) is 54.3 Å². The third-order valence-corrected chi connectivity index (χ3v) is 2.82. The number of nitriles is 1. The molecule has 0 aliphatic heterocycles. The van der Waals surface area contributed by atoms with Crippen LogP contribution in [0.5, 0.6) is 11.5 Å². The summed E-state index contributed by atoms with van der Waals surface area (Å²) >= 11 is 0. The van der Waals surface area contributed by atoms with Gasteiger partial charge in [-0.3, -0.25) is 0 Å². The Morgan fingerprint density at radius 1 is 1.28 bits per heavy atom. The summed E-state index contributed by atoms with van der Waals surface area (Å²) in [6.07, 6.45) is 1.46. The van der Waals surface area contributed by atoms with Gasteiger partial charge in [0.05, 0.1) is 20.3 Å². The number of ether oxygens (including phenoxy) is 2. The van der Waals surface area contributed by atoms with Gasteiger partial charge in [-0.05, 0) is 37.6 Å². The van der Waals surface area contributed by atoms with Crippen LogP contribution >= 0.6 is 0 Å². The minimum absolute atomic E-state index is 0.225. The Morgan fingerprint density at radius 2 is 2.00 bits per heavy atom. The number of nitrogens with zero attached hydrogens (tertiary/aromatic N) is 1. The van der Waals surface area contributed by atoms with E-state index in [0.717, 1.165) is 30.0 Å². The van der Waals surface area contributed by atoms with Crippen molar-refractivity contribution in [3.8, 4) is 17.6 Å². The molecule has 4 heteroatoms. The highest BCUT2D eigenvalue weighted by atomic mass is 16.5. The first-order chi connectivity index (χ1) is 8.72. The molecule has 1 rings (SSSR count). The number of methoxy groups -OCH3 is 2. The lowest BCUT2D eigenvalue weighted by Crippen LogP contribution is -2.19. The molecule has 98 valence electrons. The van der Waals surface area contributed by atoms with E-state index in [9.17, 15) is 0 Å². The SMILES string of the molecule is COc1ccc(C(C)NCCCC#N)cc1OC. The van der Waals surface area contributed by atoms with Crippen molar-refractivity contribution in [1.82, 2.24) is 5.32 Å². The summed E-state index contributed by atoms with van der Waals surface area (Å²) in [4.78, 5) is 0. The predicted octanol–water partition coefficient (Wildman–Crippen LogP) is 2.66. The number of hydrogen-bond donors (Lipinski definition) is 1. The zero-order chi connectivity index (χ0) is 13.4. The molecule has 1 N–H and O–H groups in total. The van der Waals surface area contributed by atoms with E-state index in [1.807, 2.05) is 18.2 Å². The molecule has 0 heterocycles. The number of hydrogen-bond acceptors (Lipinski definition) is 4. The quantitative estimate of drug-likeness (QED) is 0.754. The van der Waals surface area contributed by atoms with Crippen LogP contribution in [0.3, 0.4) is 0 Å². The van der Waals surface area contributed by atoms with Crippen LogP contribution in [0, 0.1) is 11.3 Å². The van der Waals surface area contributed by atoms with Crippen molar-refractivity contribution in [1.29, 1.82) is 5.26 Å². The fourth-order valence-electron chi connectivity index (χ4n) is 1.73. The molecule has 0 saturated heterocycles. The van der Waals surface area contributed by atoms with Crippen molar-refractivity contribution in [3.05, 3.63) is 23.8 Å². The molecule has 0 aliphatic rings. The molecule has 0 aliphatic carbocycles. The Kier molecular flexibility index (Phi) is 6.03. The molecule has 0 spiro atoms. The van der Waals surface area contributed by atoms with E-state index in [-0.39, 0.29) is 6.04 Å². The Labute approximate surface area is 109 Å². The molecule has 4 nitrogen and oxygen atoms in total. The summed E-state index contributed by atoms with van der Waals surface area (Å²) in [5.41, 5.74) is 1.14. The van der Waals surface area contributed by atoms with Crippen LogP contribution in [-0.4, -0.2) is 20.8 Å². The highest BCUT2D eigenvalue weighted by Crippen LogP contribution is 2.29. The maximum absolute atomic E-state index is 8.47. The second kappa shape index (κ2) is 7.57. The fraction of sp³-hybridized carbons (Fsp3) is 0.500. The Hall–Kier alpha value is -1.73. The Balaban J connectivity index is 2.63.